The molecule has 0 saturated heterocycles. The predicted octanol–water partition coefficient (Wildman–Crippen LogP) is -0.454. The molecule has 0 spiro atoms. The molecule has 0 radical (unpaired) electrons. The second-order valence-electron chi connectivity index (χ2n) is 3.88. The van der Waals surface area contributed by atoms with E-state index >= 15 is 0 Å². The first kappa shape index (κ1) is 10.1. The van der Waals surface area contributed by atoms with Crippen molar-refractivity contribution >= 4 is 5.82 Å². The number of aliphatic hydroxyl groups is 1. The van der Waals surface area contributed by atoms with E-state index in [2.05, 4.69) is 4.98 Å². The number of nitrogen functional groups attached to an aromatic ring is 1. The Morgan fingerprint density at radius 1 is 1.80 bits per heavy atom. The molecule has 82 valence electrons. The Balaban J connectivity index is 2.16. The van der Waals surface area contributed by atoms with Gasteiger partial charge in [-0.25, -0.2) is 9.18 Å². The first-order chi connectivity index (χ1) is 7.05. The largest absolute Gasteiger partial charge is 0.396 e. The highest BCUT2D eigenvalue weighted by Crippen LogP contribution is 2.47. The van der Waals surface area contributed by atoms with E-state index in [9.17, 15) is 9.18 Å². The molecular formula is C9H12FN3O2. The van der Waals surface area contributed by atoms with Crippen molar-refractivity contribution < 1.29 is 9.50 Å². The lowest BCUT2D eigenvalue weighted by Crippen LogP contribution is -2.28. The molecule has 1 heterocycles. The van der Waals surface area contributed by atoms with Crippen molar-refractivity contribution in [3.8, 4) is 0 Å². The van der Waals surface area contributed by atoms with Gasteiger partial charge in [-0.3, -0.25) is 4.57 Å². The van der Waals surface area contributed by atoms with E-state index in [1.165, 1.54) is 16.8 Å². The first-order valence-electron chi connectivity index (χ1n) is 4.68. The minimum atomic E-state index is -1.46. The average molecular weight is 213 g/mol. The molecule has 1 saturated carbocycles. The third-order valence-corrected chi connectivity index (χ3v) is 2.71. The van der Waals surface area contributed by atoms with Crippen molar-refractivity contribution in [1.29, 1.82) is 0 Å². The normalized spacial score (nSPS) is 29.1. The van der Waals surface area contributed by atoms with E-state index in [1.54, 1.807) is 0 Å². The molecule has 0 bridgehead atoms. The zero-order chi connectivity index (χ0) is 11.1. The topological polar surface area (TPSA) is 81.1 Å². The molecular weight excluding hydrogens is 201 g/mol. The van der Waals surface area contributed by atoms with E-state index in [0.29, 0.717) is 6.42 Å². The predicted molar refractivity (Wildman–Crippen MR) is 51.9 cm³/mol. The smallest absolute Gasteiger partial charge is 0.349 e. The Morgan fingerprint density at radius 2 is 2.53 bits per heavy atom. The molecule has 2 rings (SSSR count). The number of aliphatic hydroxyl groups excluding tert-OH is 1. The highest BCUT2D eigenvalue weighted by Gasteiger charge is 2.55. The number of anilines is 1. The lowest BCUT2D eigenvalue weighted by molar-refractivity contribution is 0.192. The maximum absolute atomic E-state index is 13.8. The third kappa shape index (κ3) is 1.85. The summed E-state index contributed by atoms with van der Waals surface area (Å²) in [4.78, 5) is 14.8. The van der Waals surface area contributed by atoms with Gasteiger partial charge in [0.2, 0.25) is 0 Å². The standard InChI is InChI=1S/C9H12FN3O2/c10-9(3-6(9)4-14)5-13-2-1-7(11)12-8(13)15/h1-2,6,14H,3-5H2,(H2,11,12,15)/t6-,9-/m1/s1. The fourth-order valence-corrected chi connectivity index (χ4v) is 1.62. The van der Waals surface area contributed by atoms with Crippen molar-refractivity contribution in [3.63, 3.8) is 0 Å². The van der Waals surface area contributed by atoms with Gasteiger partial charge in [-0.15, -0.1) is 0 Å². The van der Waals surface area contributed by atoms with Gasteiger partial charge < -0.3 is 10.8 Å². The van der Waals surface area contributed by atoms with E-state index in [1.807, 2.05) is 0 Å². The second kappa shape index (κ2) is 3.30. The van der Waals surface area contributed by atoms with Crippen LogP contribution in [0.3, 0.4) is 0 Å². The summed E-state index contributed by atoms with van der Waals surface area (Å²) in [6.07, 6.45) is 1.71. The average Bonchev–Trinajstić information content (AvgIpc) is 2.82. The van der Waals surface area contributed by atoms with E-state index in [-0.39, 0.29) is 24.9 Å². The van der Waals surface area contributed by atoms with Crippen molar-refractivity contribution in [1.82, 2.24) is 9.55 Å². The molecule has 1 aromatic heterocycles. The zero-order valence-electron chi connectivity index (χ0n) is 8.06. The Kier molecular flexibility index (Phi) is 2.22. The van der Waals surface area contributed by atoms with Crippen LogP contribution in [-0.2, 0) is 6.54 Å². The van der Waals surface area contributed by atoms with Crippen LogP contribution in [0.2, 0.25) is 0 Å². The number of hydrogen-bond donors (Lipinski definition) is 2. The van der Waals surface area contributed by atoms with Crippen molar-refractivity contribution in [2.75, 3.05) is 12.3 Å². The van der Waals surface area contributed by atoms with Crippen LogP contribution in [0.5, 0.6) is 0 Å². The lowest BCUT2D eigenvalue weighted by Gasteiger charge is -2.09. The Labute approximate surface area is 85.4 Å². The zero-order valence-corrected chi connectivity index (χ0v) is 8.06. The molecule has 3 N–H and O–H groups in total. The van der Waals surface area contributed by atoms with Gasteiger partial charge >= 0.3 is 5.69 Å². The van der Waals surface area contributed by atoms with Crippen molar-refractivity contribution in [3.05, 3.63) is 22.7 Å². The fraction of sp³-hybridized carbons (Fsp3) is 0.556. The maximum atomic E-state index is 13.8. The molecule has 0 amide bonds. The molecule has 0 aliphatic heterocycles. The van der Waals surface area contributed by atoms with E-state index in [0.717, 1.165) is 0 Å². The monoisotopic (exact) mass is 213 g/mol. The van der Waals surface area contributed by atoms with Crippen molar-refractivity contribution in [2.45, 2.75) is 18.6 Å². The van der Waals surface area contributed by atoms with E-state index in [4.69, 9.17) is 10.8 Å². The molecule has 5 nitrogen and oxygen atoms in total. The molecule has 2 atom stereocenters. The fourth-order valence-electron chi connectivity index (χ4n) is 1.62. The lowest BCUT2D eigenvalue weighted by atomic mass is 10.3. The van der Waals surface area contributed by atoms with E-state index < -0.39 is 11.4 Å². The number of aromatic nitrogens is 2. The summed E-state index contributed by atoms with van der Waals surface area (Å²) in [6, 6.07) is 1.45. The number of nitrogens with zero attached hydrogens (tertiary/aromatic N) is 2. The van der Waals surface area contributed by atoms with Crippen LogP contribution >= 0.6 is 0 Å². The quantitative estimate of drug-likeness (QED) is 0.712. The van der Waals surface area contributed by atoms with Crippen LogP contribution in [0.4, 0.5) is 10.2 Å². The van der Waals surface area contributed by atoms with Gasteiger partial charge in [0, 0.05) is 18.7 Å². The van der Waals surface area contributed by atoms with Crippen LogP contribution in [-0.4, -0.2) is 26.9 Å². The number of halogens is 1. The van der Waals surface area contributed by atoms with Gasteiger partial charge in [-0.2, -0.15) is 4.98 Å². The van der Waals surface area contributed by atoms with Gasteiger partial charge in [-0.05, 0) is 12.5 Å². The van der Waals surface area contributed by atoms with Crippen LogP contribution in [0.1, 0.15) is 6.42 Å². The van der Waals surface area contributed by atoms with Gasteiger partial charge in [0.1, 0.15) is 11.5 Å². The number of hydrogen-bond acceptors (Lipinski definition) is 4. The maximum Gasteiger partial charge on any atom is 0.349 e. The van der Waals surface area contributed by atoms with Crippen LogP contribution in [0.15, 0.2) is 17.1 Å². The molecule has 6 heteroatoms. The summed E-state index contributed by atoms with van der Waals surface area (Å²) < 4.78 is 14.9. The van der Waals surface area contributed by atoms with Gasteiger partial charge in [0.25, 0.3) is 0 Å². The minimum Gasteiger partial charge on any atom is -0.396 e. The molecule has 1 aliphatic rings. The molecule has 1 aromatic rings. The molecule has 1 fully saturated rings. The van der Waals surface area contributed by atoms with Gasteiger partial charge in [0.15, 0.2) is 0 Å². The molecule has 0 aromatic carbocycles. The van der Waals surface area contributed by atoms with Crippen LogP contribution in [0.25, 0.3) is 0 Å². The minimum absolute atomic E-state index is 0.0651. The summed E-state index contributed by atoms with van der Waals surface area (Å²) >= 11 is 0. The number of rotatable bonds is 3. The molecule has 1 aliphatic carbocycles. The third-order valence-electron chi connectivity index (χ3n) is 2.71. The highest BCUT2D eigenvalue weighted by atomic mass is 19.1. The summed E-state index contributed by atoms with van der Waals surface area (Å²) in [5, 5.41) is 8.77. The van der Waals surface area contributed by atoms with Gasteiger partial charge in [0.05, 0.1) is 6.54 Å². The Bertz CT molecular complexity index is 434. The first-order valence-corrected chi connectivity index (χ1v) is 4.68. The highest BCUT2D eigenvalue weighted by molar-refractivity contribution is 5.23. The van der Waals surface area contributed by atoms with Gasteiger partial charge in [-0.1, -0.05) is 0 Å². The van der Waals surface area contributed by atoms with Crippen molar-refractivity contribution in [2.24, 2.45) is 5.92 Å². The summed E-state index contributed by atoms with van der Waals surface area (Å²) in [5.41, 5.74) is 3.28. The second-order valence-corrected chi connectivity index (χ2v) is 3.88. The molecule has 0 unspecified atom stereocenters. The van der Waals surface area contributed by atoms with Crippen LogP contribution < -0.4 is 11.4 Å². The molecule has 15 heavy (non-hydrogen) atoms. The number of alkyl halides is 1. The summed E-state index contributed by atoms with van der Waals surface area (Å²) in [6.45, 7) is -0.252. The summed E-state index contributed by atoms with van der Waals surface area (Å²) in [7, 11) is 0. The Hall–Kier alpha value is -1.43. The number of nitrogens with two attached hydrogens (primary N) is 1. The Morgan fingerprint density at radius 3 is 3.07 bits per heavy atom. The SMILES string of the molecule is Nc1ccn(C[C@]2(F)C[C@@H]2CO)c(=O)n1. The summed E-state index contributed by atoms with van der Waals surface area (Å²) in [5.74, 6) is -0.236. The van der Waals surface area contributed by atoms with Crippen LogP contribution in [0, 0.1) is 5.92 Å².